The minimum absolute atomic E-state index is 0.421. The zero-order valence-corrected chi connectivity index (χ0v) is 14.4. The summed E-state index contributed by atoms with van der Waals surface area (Å²) in [6, 6.07) is 0. The molecule has 1 heterocycles. The molecule has 0 aromatic heterocycles. The predicted molar refractivity (Wildman–Crippen MR) is 83.9 cm³/mol. The minimum Gasteiger partial charge on any atom is -0.457 e. The van der Waals surface area contributed by atoms with E-state index in [1.807, 2.05) is 7.05 Å². The van der Waals surface area contributed by atoms with Crippen LogP contribution in [0.1, 0.15) is 20.3 Å². The van der Waals surface area contributed by atoms with Crippen LogP contribution in [0.15, 0.2) is 0 Å². The van der Waals surface area contributed by atoms with Crippen LogP contribution in [-0.2, 0) is 23.8 Å². The van der Waals surface area contributed by atoms with Gasteiger partial charge in [-0.2, -0.15) is 0 Å². The van der Waals surface area contributed by atoms with Crippen LogP contribution in [0.25, 0.3) is 0 Å². The Hall–Kier alpha value is -0.870. The van der Waals surface area contributed by atoms with Crippen LogP contribution >= 0.6 is 11.8 Å². The fourth-order valence-electron chi connectivity index (χ4n) is 2.28. The first-order valence-electron chi connectivity index (χ1n) is 7.45. The molecule has 5 atom stereocenters. The molecule has 23 heavy (non-hydrogen) atoms. The molecule has 1 saturated heterocycles. The van der Waals surface area contributed by atoms with Crippen LogP contribution in [0.4, 0.5) is 0 Å². The number of ether oxygens (including phenoxy) is 3. The van der Waals surface area contributed by atoms with E-state index in [9.17, 15) is 19.8 Å². The van der Waals surface area contributed by atoms with E-state index in [0.717, 1.165) is 13.0 Å². The monoisotopic (exact) mass is 351 g/mol. The molecular weight excluding hydrogens is 326 g/mol. The molecule has 0 saturated carbocycles. The lowest BCUT2D eigenvalue weighted by atomic mass is 10.00. The molecule has 0 amide bonds. The molecule has 8 nitrogen and oxygen atoms in total. The lowest BCUT2D eigenvalue weighted by Crippen LogP contribution is -2.60. The fraction of sp³-hybridized carbons (Fsp3) is 0.857. The molecular formula is C14H25NO7S. The summed E-state index contributed by atoms with van der Waals surface area (Å²) in [7, 11) is 1.85. The lowest BCUT2D eigenvalue weighted by Gasteiger charge is -2.42. The summed E-state index contributed by atoms with van der Waals surface area (Å²) in [5.41, 5.74) is -0.644. The maximum atomic E-state index is 11.3. The molecule has 5 unspecified atom stereocenters. The Bertz CT molecular complexity index is 395. The van der Waals surface area contributed by atoms with Gasteiger partial charge in [-0.1, -0.05) is 0 Å². The summed E-state index contributed by atoms with van der Waals surface area (Å²) in [4.78, 5) is 22.5. The van der Waals surface area contributed by atoms with Crippen molar-refractivity contribution in [3.05, 3.63) is 0 Å². The first-order chi connectivity index (χ1) is 10.9. The maximum absolute atomic E-state index is 11.3. The number of carbonyl (C=O) groups is 2. The van der Waals surface area contributed by atoms with E-state index < -0.39 is 48.4 Å². The number of rotatable bonds is 8. The summed E-state index contributed by atoms with van der Waals surface area (Å²) >= 11 is 1.38. The van der Waals surface area contributed by atoms with E-state index in [1.165, 1.54) is 25.6 Å². The van der Waals surface area contributed by atoms with Gasteiger partial charge in [-0.3, -0.25) is 9.59 Å². The number of nitrogens with one attached hydrogen (secondary N) is 1. The predicted octanol–water partition coefficient (Wildman–Crippen LogP) is -0.729. The second kappa shape index (κ2) is 10.1. The Balaban J connectivity index is 2.82. The van der Waals surface area contributed by atoms with E-state index in [-0.39, 0.29) is 0 Å². The van der Waals surface area contributed by atoms with Gasteiger partial charge in [-0.25, -0.2) is 0 Å². The smallest absolute Gasteiger partial charge is 0.303 e. The van der Waals surface area contributed by atoms with Gasteiger partial charge in [0.15, 0.2) is 12.2 Å². The topological polar surface area (TPSA) is 114 Å². The summed E-state index contributed by atoms with van der Waals surface area (Å²) < 4.78 is 15.9. The SMILES string of the molecule is CNCCCSC1OC(CO)C(OC(C)=O)C(O)C1OC(C)=O. The standard InChI is InChI=1S/C14H25NO7S/c1-8(17)20-12-10(7-16)22-14(23-6-4-5-15-3)13(11(12)19)21-9(2)18/h10-16,19H,4-7H2,1-3H3. The van der Waals surface area contributed by atoms with E-state index in [2.05, 4.69) is 5.32 Å². The van der Waals surface area contributed by atoms with Crippen LogP contribution in [-0.4, -0.2) is 78.0 Å². The number of carbonyl (C=O) groups excluding carboxylic acids is 2. The van der Waals surface area contributed by atoms with E-state index >= 15 is 0 Å². The molecule has 1 fully saturated rings. The van der Waals surface area contributed by atoms with Crippen molar-refractivity contribution in [2.75, 3.05) is 26.0 Å². The third-order valence-corrected chi connectivity index (χ3v) is 4.49. The Morgan fingerprint density at radius 2 is 1.83 bits per heavy atom. The average molecular weight is 351 g/mol. The Morgan fingerprint density at radius 3 is 2.35 bits per heavy atom. The first kappa shape index (κ1) is 20.2. The van der Waals surface area contributed by atoms with Gasteiger partial charge >= 0.3 is 11.9 Å². The van der Waals surface area contributed by atoms with Gasteiger partial charge in [0.1, 0.15) is 17.6 Å². The van der Waals surface area contributed by atoms with Crippen molar-refractivity contribution in [1.29, 1.82) is 0 Å². The Labute approximate surface area is 139 Å². The zero-order chi connectivity index (χ0) is 17.4. The van der Waals surface area contributed by atoms with E-state index in [1.54, 1.807) is 0 Å². The third-order valence-electron chi connectivity index (χ3n) is 3.25. The van der Waals surface area contributed by atoms with E-state index in [4.69, 9.17) is 14.2 Å². The molecule has 3 N–H and O–H groups in total. The maximum Gasteiger partial charge on any atom is 0.303 e. The van der Waals surface area contributed by atoms with Crippen LogP contribution in [0.2, 0.25) is 0 Å². The highest BCUT2D eigenvalue weighted by Crippen LogP contribution is 2.32. The van der Waals surface area contributed by atoms with Crippen LogP contribution in [0.5, 0.6) is 0 Å². The largest absolute Gasteiger partial charge is 0.457 e. The normalized spacial score (nSPS) is 30.7. The number of aliphatic hydroxyl groups excluding tert-OH is 2. The Kier molecular flexibility index (Phi) is 8.85. The van der Waals surface area contributed by atoms with Crippen LogP contribution in [0.3, 0.4) is 0 Å². The van der Waals surface area contributed by atoms with Gasteiger partial charge in [0.2, 0.25) is 0 Å². The van der Waals surface area contributed by atoms with Crippen LogP contribution < -0.4 is 5.32 Å². The fourth-order valence-corrected chi connectivity index (χ4v) is 3.45. The number of hydrogen-bond acceptors (Lipinski definition) is 9. The summed E-state index contributed by atoms with van der Waals surface area (Å²) in [5.74, 6) is -0.466. The van der Waals surface area contributed by atoms with Gasteiger partial charge in [-0.05, 0) is 25.8 Å². The molecule has 0 aromatic carbocycles. The molecule has 134 valence electrons. The van der Waals surface area contributed by atoms with Gasteiger partial charge in [0.25, 0.3) is 0 Å². The van der Waals surface area contributed by atoms with Crippen molar-refractivity contribution in [2.24, 2.45) is 0 Å². The third kappa shape index (κ3) is 6.27. The highest BCUT2D eigenvalue weighted by Gasteiger charge is 2.48. The van der Waals surface area contributed by atoms with Gasteiger partial charge in [0.05, 0.1) is 6.61 Å². The molecule has 1 aliphatic heterocycles. The van der Waals surface area contributed by atoms with Crippen molar-refractivity contribution in [2.45, 2.75) is 50.1 Å². The highest BCUT2D eigenvalue weighted by atomic mass is 32.2. The lowest BCUT2D eigenvalue weighted by molar-refractivity contribution is -0.227. The second-order valence-corrected chi connectivity index (χ2v) is 6.40. The number of aliphatic hydroxyl groups is 2. The zero-order valence-electron chi connectivity index (χ0n) is 13.6. The molecule has 0 spiro atoms. The summed E-state index contributed by atoms with van der Waals surface area (Å²) in [6.07, 6.45) is -3.34. The summed E-state index contributed by atoms with van der Waals surface area (Å²) in [6.45, 7) is 2.82. The average Bonchev–Trinajstić information content (AvgIpc) is 2.48. The quantitative estimate of drug-likeness (QED) is 0.384. The second-order valence-electron chi connectivity index (χ2n) is 5.19. The number of thioether (sulfide) groups is 1. The highest BCUT2D eigenvalue weighted by molar-refractivity contribution is 7.99. The van der Waals surface area contributed by atoms with Crippen molar-refractivity contribution in [1.82, 2.24) is 5.32 Å². The summed E-state index contributed by atoms with van der Waals surface area (Å²) in [5, 5.41) is 22.9. The molecule has 9 heteroatoms. The molecule has 0 bridgehead atoms. The van der Waals surface area contributed by atoms with Crippen molar-refractivity contribution < 1.29 is 34.0 Å². The molecule has 0 radical (unpaired) electrons. The molecule has 0 aliphatic carbocycles. The van der Waals surface area contributed by atoms with Gasteiger partial charge in [0, 0.05) is 13.8 Å². The molecule has 1 rings (SSSR count). The van der Waals surface area contributed by atoms with Crippen molar-refractivity contribution in [3.63, 3.8) is 0 Å². The van der Waals surface area contributed by atoms with Crippen molar-refractivity contribution >= 4 is 23.7 Å². The van der Waals surface area contributed by atoms with E-state index in [0.29, 0.717) is 5.75 Å². The minimum atomic E-state index is -1.27. The van der Waals surface area contributed by atoms with Gasteiger partial charge in [-0.15, -0.1) is 11.8 Å². The number of hydrogen-bond donors (Lipinski definition) is 3. The van der Waals surface area contributed by atoms with Gasteiger partial charge < -0.3 is 29.7 Å². The van der Waals surface area contributed by atoms with Crippen LogP contribution in [0, 0.1) is 0 Å². The molecule has 0 aromatic rings. The number of esters is 2. The Morgan fingerprint density at radius 1 is 1.22 bits per heavy atom. The first-order valence-corrected chi connectivity index (χ1v) is 8.50. The molecule has 1 aliphatic rings. The van der Waals surface area contributed by atoms with Crippen molar-refractivity contribution in [3.8, 4) is 0 Å².